The van der Waals surface area contributed by atoms with Crippen LogP contribution in [0.25, 0.3) is 6.08 Å². The van der Waals surface area contributed by atoms with E-state index in [2.05, 4.69) is 4.99 Å². The van der Waals surface area contributed by atoms with E-state index in [1.54, 1.807) is 30.3 Å². The molecule has 24 heavy (non-hydrogen) atoms. The van der Waals surface area contributed by atoms with Crippen molar-refractivity contribution in [1.29, 1.82) is 5.26 Å². The molecule has 0 aliphatic carbocycles. The number of hydrogen-bond acceptors (Lipinski definition) is 6. The first kappa shape index (κ1) is 15.1. The lowest BCUT2D eigenvalue weighted by atomic mass is 10.1. The Morgan fingerprint density at radius 1 is 1.21 bits per heavy atom. The van der Waals surface area contributed by atoms with Crippen molar-refractivity contribution in [2.45, 2.75) is 0 Å². The predicted octanol–water partition coefficient (Wildman–Crippen LogP) is 2.81. The zero-order valence-corrected chi connectivity index (χ0v) is 12.2. The number of cyclic esters (lactones) is 1. The summed E-state index contributed by atoms with van der Waals surface area (Å²) in [4.78, 5) is 26.3. The Bertz CT molecular complexity index is 954. The summed E-state index contributed by atoms with van der Waals surface area (Å²) in [7, 11) is 0. The minimum absolute atomic E-state index is 0.00591. The Morgan fingerprint density at radius 3 is 2.75 bits per heavy atom. The fourth-order valence-corrected chi connectivity index (χ4v) is 2.14. The van der Waals surface area contributed by atoms with E-state index in [1.165, 1.54) is 24.3 Å². The third-order valence-electron chi connectivity index (χ3n) is 3.24. The highest BCUT2D eigenvalue weighted by atomic mass is 16.6. The van der Waals surface area contributed by atoms with Crippen molar-refractivity contribution in [3.63, 3.8) is 0 Å². The number of carbonyl (C=O) groups excluding carboxylic acids is 1. The molecule has 1 aliphatic heterocycles. The SMILES string of the molecule is N#Cc1cccc(/C=C2\N=C(c3cccc([N+](=O)[O-])c3)OC2=O)c1. The average Bonchev–Trinajstić information content (AvgIpc) is 2.96. The number of esters is 1. The number of rotatable bonds is 3. The Balaban J connectivity index is 1.96. The number of nitro benzene ring substituents is 1. The van der Waals surface area contributed by atoms with Crippen LogP contribution in [-0.2, 0) is 9.53 Å². The lowest BCUT2D eigenvalue weighted by molar-refractivity contribution is -0.384. The van der Waals surface area contributed by atoms with Crippen LogP contribution in [0.15, 0.2) is 59.2 Å². The van der Waals surface area contributed by atoms with Crippen molar-refractivity contribution in [2.75, 3.05) is 0 Å². The van der Waals surface area contributed by atoms with Crippen LogP contribution in [0.5, 0.6) is 0 Å². The number of hydrogen-bond donors (Lipinski definition) is 0. The number of nitrogens with zero attached hydrogens (tertiary/aromatic N) is 3. The summed E-state index contributed by atoms with van der Waals surface area (Å²) >= 11 is 0. The third-order valence-corrected chi connectivity index (χ3v) is 3.24. The molecule has 0 fully saturated rings. The van der Waals surface area contributed by atoms with Crippen LogP contribution < -0.4 is 0 Å². The van der Waals surface area contributed by atoms with Gasteiger partial charge in [-0.05, 0) is 29.8 Å². The number of nitriles is 1. The molecule has 1 heterocycles. The molecule has 0 radical (unpaired) electrons. The average molecular weight is 319 g/mol. The van der Waals surface area contributed by atoms with Crippen LogP contribution in [0.2, 0.25) is 0 Å². The maximum absolute atomic E-state index is 11.9. The van der Waals surface area contributed by atoms with Crippen LogP contribution in [0.3, 0.4) is 0 Å². The second-order valence-electron chi connectivity index (χ2n) is 4.88. The monoisotopic (exact) mass is 319 g/mol. The number of benzene rings is 2. The molecule has 0 spiro atoms. The van der Waals surface area contributed by atoms with Gasteiger partial charge in [-0.15, -0.1) is 0 Å². The molecule has 0 bridgehead atoms. The van der Waals surface area contributed by atoms with Crippen molar-refractivity contribution in [3.05, 3.63) is 81.0 Å². The molecule has 0 amide bonds. The molecule has 7 nitrogen and oxygen atoms in total. The summed E-state index contributed by atoms with van der Waals surface area (Å²) in [5.41, 5.74) is 1.37. The van der Waals surface area contributed by atoms with E-state index >= 15 is 0 Å². The Morgan fingerprint density at radius 2 is 2.00 bits per heavy atom. The van der Waals surface area contributed by atoms with Gasteiger partial charge in [0.1, 0.15) is 0 Å². The summed E-state index contributed by atoms with van der Waals surface area (Å²) in [6.45, 7) is 0. The molecule has 2 aromatic rings. The minimum Gasteiger partial charge on any atom is -0.402 e. The van der Waals surface area contributed by atoms with Crippen LogP contribution >= 0.6 is 0 Å². The highest BCUT2D eigenvalue weighted by molar-refractivity contribution is 6.13. The summed E-state index contributed by atoms with van der Waals surface area (Å²) in [5.74, 6) is -0.648. The normalized spacial score (nSPS) is 14.9. The lowest BCUT2D eigenvalue weighted by Gasteiger charge is -1.98. The highest BCUT2D eigenvalue weighted by Crippen LogP contribution is 2.21. The maximum Gasteiger partial charge on any atom is 0.363 e. The molecular weight excluding hydrogens is 310 g/mol. The molecule has 0 unspecified atom stereocenters. The van der Waals surface area contributed by atoms with E-state index in [0.29, 0.717) is 16.7 Å². The van der Waals surface area contributed by atoms with Gasteiger partial charge in [0, 0.05) is 17.7 Å². The van der Waals surface area contributed by atoms with Crippen molar-refractivity contribution in [3.8, 4) is 6.07 Å². The molecule has 7 heteroatoms. The molecule has 3 rings (SSSR count). The molecular formula is C17H9N3O4. The second-order valence-corrected chi connectivity index (χ2v) is 4.88. The van der Waals surface area contributed by atoms with E-state index < -0.39 is 10.9 Å². The van der Waals surface area contributed by atoms with Gasteiger partial charge in [0.25, 0.3) is 5.69 Å². The first-order valence-corrected chi connectivity index (χ1v) is 6.84. The zero-order valence-electron chi connectivity index (χ0n) is 12.2. The Hall–Kier alpha value is -3.79. The lowest BCUT2D eigenvalue weighted by Crippen LogP contribution is -2.05. The second kappa shape index (κ2) is 6.14. The standard InChI is InChI=1S/C17H9N3O4/c18-10-12-4-1-3-11(7-12)8-15-17(21)24-16(19-15)13-5-2-6-14(9-13)20(22)23/h1-9H/b15-8-. The zero-order chi connectivity index (χ0) is 17.1. The molecule has 0 saturated heterocycles. The van der Waals surface area contributed by atoms with E-state index in [1.807, 2.05) is 6.07 Å². The molecule has 0 aromatic heterocycles. The Labute approximate surface area is 136 Å². The molecule has 0 N–H and O–H groups in total. The van der Waals surface area contributed by atoms with Crippen LogP contribution in [0, 0.1) is 21.4 Å². The van der Waals surface area contributed by atoms with Gasteiger partial charge >= 0.3 is 5.97 Å². The fraction of sp³-hybridized carbons (Fsp3) is 0. The number of carbonyl (C=O) groups is 1. The van der Waals surface area contributed by atoms with E-state index in [0.717, 1.165) is 0 Å². The van der Waals surface area contributed by atoms with Crippen molar-refractivity contribution >= 4 is 23.6 Å². The molecule has 116 valence electrons. The summed E-state index contributed by atoms with van der Waals surface area (Å²) in [5, 5.41) is 19.7. The highest BCUT2D eigenvalue weighted by Gasteiger charge is 2.25. The predicted molar refractivity (Wildman–Crippen MR) is 84.9 cm³/mol. The first-order valence-electron chi connectivity index (χ1n) is 6.84. The van der Waals surface area contributed by atoms with Crippen LogP contribution in [-0.4, -0.2) is 16.8 Å². The largest absolute Gasteiger partial charge is 0.402 e. The number of nitro groups is 1. The number of non-ortho nitro benzene ring substituents is 1. The van der Waals surface area contributed by atoms with Gasteiger partial charge in [0.2, 0.25) is 5.90 Å². The topological polar surface area (TPSA) is 106 Å². The van der Waals surface area contributed by atoms with Crippen LogP contribution in [0.1, 0.15) is 16.7 Å². The summed E-state index contributed by atoms with van der Waals surface area (Å²) in [6, 6.07) is 14.4. The van der Waals surface area contributed by atoms with Gasteiger partial charge in [-0.2, -0.15) is 5.26 Å². The first-order chi connectivity index (χ1) is 11.6. The van der Waals surface area contributed by atoms with Gasteiger partial charge in [0.15, 0.2) is 5.70 Å². The van der Waals surface area contributed by atoms with Crippen LogP contribution in [0.4, 0.5) is 5.69 Å². The molecule has 0 atom stereocenters. The van der Waals surface area contributed by atoms with Gasteiger partial charge in [-0.3, -0.25) is 10.1 Å². The summed E-state index contributed by atoms with van der Waals surface area (Å²) in [6.07, 6.45) is 1.49. The number of ether oxygens (including phenoxy) is 1. The third kappa shape index (κ3) is 3.03. The fourth-order valence-electron chi connectivity index (χ4n) is 2.14. The molecule has 2 aromatic carbocycles. The van der Waals surface area contributed by atoms with Gasteiger partial charge < -0.3 is 4.74 Å². The molecule has 1 aliphatic rings. The van der Waals surface area contributed by atoms with Gasteiger partial charge in [0.05, 0.1) is 16.6 Å². The molecule has 0 saturated carbocycles. The van der Waals surface area contributed by atoms with Crippen molar-refractivity contribution in [1.82, 2.24) is 0 Å². The maximum atomic E-state index is 11.9. The Kier molecular flexibility index (Phi) is 3.87. The van der Waals surface area contributed by atoms with Crippen molar-refractivity contribution in [2.24, 2.45) is 4.99 Å². The quantitative estimate of drug-likeness (QED) is 0.374. The van der Waals surface area contributed by atoms with Gasteiger partial charge in [-0.1, -0.05) is 18.2 Å². The van der Waals surface area contributed by atoms with Crippen molar-refractivity contribution < 1.29 is 14.5 Å². The minimum atomic E-state index is -0.654. The van der Waals surface area contributed by atoms with E-state index in [4.69, 9.17) is 10.00 Å². The van der Waals surface area contributed by atoms with E-state index in [-0.39, 0.29) is 17.3 Å². The number of aliphatic imine (C=N–C) groups is 1. The van der Waals surface area contributed by atoms with E-state index in [9.17, 15) is 14.9 Å². The summed E-state index contributed by atoms with van der Waals surface area (Å²) < 4.78 is 5.08. The smallest absolute Gasteiger partial charge is 0.363 e. The van der Waals surface area contributed by atoms with Gasteiger partial charge in [-0.25, -0.2) is 9.79 Å².